The van der Waals surface area contributed by atoms with Crippen molar-refractivity contribution in [1.82, 2.24) is 4.98 Å². The maximum Gasteiger partial charge on any atom is 0.142 e. The lowest BCUT2D eigenvalue weighted by Gasteiger charge is -2.13. The Morgan fingerprint density at radius 1 is 1.40 bits per heavy atom. The lowest BCUT2D eigenvalue weighted by Crippen LogP contribution is -2.05. The Bertz CT molecular complexity index is 660. The average Bonchev–Trinajstić information content (AvgIpc) is 2.49. The third-order valence-corrected chi connectivity index (χ3v) is 3.10. The minimum Gasteiger partial charge on any atom is -0.506 e. The lowest BCUT2D eigenvalue weighted by atomic mass is 10.1. The fourth-order valence-electron chi connectivity index (χ4n) is 1.93. The van der Waals surface area contributed by atoms with E-state index in [0.717, 1.165) is 11.3 Å². The summed E-state index contributed by atoms with van der Waals surface area (Å²) >= 11 is 0. The zero-order valence-corrected chi connectivity index (χ0v) is 11.2. The van der Waals surface area contributed by atoms with Gasteiger partial charge < -0.3 is 15.5 Å². The van der Waals surface area contributed by atoms with Crippen molar-refractivity contribution in [3.8, 4) is 18.1 Å². The summed E-state index contributed by atoms with van der Waals surface area (Å²) in [6, 6.07) is 7.45. The zero-order valence-electron chi connectivity index (χ0n) is 11.2. The molecule has 1 heterocycles. The molecule has 0 atom stereocenters. The van der Waals surface area contributed by atoms with Gasteiger partial charge in [-0.2, -0.15) is 0 Å². The molecule has 0 amide bonds. The van der Waals surface area contributed by atoms with Crippen LogP contribution >= 0.6 is 0 Å². The van der Waals surface area contributed by atoms with Crippen molar-refractivity contribution in [3.05, 3.63) is 52.8 Å². The van der Waals surface area contributed by atoms with Crippen molar-refractivity contribution in [1.29, 1.82) is 0 Å². The maximum absolute atomic E-state index is 10.0. The van der Waals surface area contributed by atoms with Crippen LogP contribution < -0.4 is 5.32 Å². The quantitative estimate of drug-likeness (QED) is 0.744. The second-order valence-corrected chi connectivity index (χ2v) is 4.43. The molecule has 1 aromatic carbocycles. The summed E-state index contributed by atoms with van der Waals surface area (Å²) in [4.78, 5) is 4.03. The van der Waals surface area contributed by atoms with Crippen molar-refractivity contribution < 1.29 is 10.2 Å². The van der Waals surface area contributed by atoms with Crippen LogP contribution in [0.1, 0.15) is 22.4 Å². The summed E-state index contributed by atoms with van der Waals surface area (Å²) in [5, 5.41) is 22.5. The number of aliphatic hydroxyl groups excluding tert-OH is 1. The highest BCUT2D eigenvalue weighted by molar-refractivity contribution is 5.51. The SMILES string of the molecule is C#Cc1cccc(NCc2c(CO)cnc(C)c2O)c1. The molecule has 2 rings (SSSR count). The van der Waals surface area contributed by atoms with Gasteiger partial charge in [-0.05, 0) is 25.1 Å². The van der Waals surface area contributed by atoms with Gasteiger partial charge in [0.25, 0.3) is 0 Å². The predicted molar refractivity (Wildman–Crippen MR) is 78.3 cm³/mol. The van der Waals surface area contributed by atoms with Crippen molar-refractivity contribution in [3.63, 3.8) is 0 Å². The number of hydrogen-bond donors (Lipinski definition) is 3. The van der Waals surface area contributed by atoms with Gasteiger partial charge >= 0.3 is 0 Å². The molecule has 4 heteroatoms. The predicted octanol–water partition coefficient (Wildman–Crippen LogP) is 2.18. The molecule has 2 aromatic rings. The second kappa shape index (κ2) is 6.09. The first-order chi connectivity index (χ1) is 9.65. The second-order valence-electron chi connectivity index (χ2n) is 4.43. The highest BCUT2D eigenvalue weighted by Gasteiger charge is 2.11. The van der Waals surface area contributed by atoms with Crippen LogP contribution in [0.25, 0.3) is 0 Å². The van der Waals surface area contributed by atoms with Crippen molar-refractivity contribution >= 4 is 5.69 Å². The minimum atomic E-state index is -0.164. The monoisotopic (exact) mass is 268 g/mol. The van der Waals surface area contributed by atoms with Gasteiger partial charge in [0.2, 0.25) is 0 Å². The van der Waals surface area contributed by atoms with E-state index in [1.165, 1.54) is 0 Å². The molecular formula is C16H16N2O2. The zero-order chi connectivity index (χ0) is 14.5. The third kappa shape index (κ3) is 2.90. The normalized spacial score (nSPS) is 10.1. The molecule has 0 fully saturated rings. The molecule has 102 valence electrons. The van der Waals surface area contributed by atoms with E-state index in [2.05, 4.69) is 16.2 Å². The fraction of sp³-hybridized carbons (Fsp3) is 0.188. The number of rotatable bonds is 4. The Morgan fingerprint density at radius 3 is 2.90 bits per heavy atom. The number of hydrogen-bond acceptors (Lipinski definition) is 4. The summed E-state index contributed by atoms with van der Waals surface area (Å²) in [5.74, 6) is 2.68. The van der Waals surface area contributed by atoms with Gasteiger partial charge in [0.05, 0.1) is 12.3 Å². The standard InChI is InChI=1S/C16H16N2O2/c1-3-12-5-4-6-14(7-12)18-9-15-13(10-19)8-17-11(2)16(15)20/h1,4-8,18-20H,9-10H2,2H3. The lowest BCUT2D eigenvalue weighted by molar-refractivity contribution is 0.279. The molecule has 0 aliphatic carbocycles. The molecule has 0 unspecified atom stereocenters. The Kier molecular flexibility index (Phi) is 4.24. The molecule has 20 heavy (non-hydrogen) atoms. The van der Waals surface area contributed by atoms with Crippen LogP contribution in [0.15, 0.2) is 30.5 Å². The van der Waals surface area contributed by atoms with E-state index in [-0.39, 0.29) is 12.4 Å². The number of pyridine rings is 1. The number of aromatic nitrogens is 1. The smallest absolute Gasteiger partial charge is 0.142 e. The van der Waals surface area contributed by atoms with Crippen LogP contribution in [0.3, 0.4) is 0 Å². The van der Waals surface area contributed by atoms with Gasteiger partial charge in [0.15, 0.2) is 0 Å². The van der Waals surface area contributed by atoms with Gasteiger partial charge in [-0.25, -0.2) is 0 Å². The number of nitrogens with one attached hydrogen (secondary N) is 1. The Hall–Kier alpha value is -2.51. The number of nitrogens with zero attached hydrogens (tertiary/aromatic N) is 1. The van der Waals surface area contributed by atoms with Crippen LogP contribution in [0, 0.1) is 19.3 Å². The van der Waals surface area contributed by atoms with Crippen LogP contribution in [0.4, 0.5) is 5.69 Å². The number of aliphatic hydroxyl groups is 1. The van der Waals surface area contributed by atoms with E-state index in [4.69, 9.17) is 6.42 Å². The molecule has 3 N–H and O–H groups in total. The molecule has 0 aliphatic heterocycles. The van der Waals surface area contributed by atoms with Gasteiger partial charge in [-0.3, -0.25) is 4.98 Å². The summed E-state index contributed by atoms with van der Waals surface area (Å²) in [6.07, 6.45) is 6.93. The summed E-state index contributed by atoms with van der Waals surface area (Å²) in [7, 11) is 0. The molecule has 0 aliphatic rings. The molecule has 0 saturated heterocycles. The van der Waals surface area contributed by atoms with Crippen LogP contribution in [0.2, 0.25) is 0 Å². The largest absolute Gasteiger partial charge is 0.506 e. The van der Waals surface area contributed by atoms with Crippen molar-refractivity contribution in [2.24, 2.45) is 0 Å². The summed E-state index contributed by atoms with van der Waals surface area (Å²) < 4.78 is 0. The Balaban J connectivity index is 2.22. The number of aryl methyl sites for hydroxylation is 1. The first kappa shape index (κ1) is 13.9. The Labute approximate surface area is 118 Å². The fourth-order valence-corrected chi connectivity index (χ4v) is 1.93. The molecule has 0 spiro atoms. The maximum atomic E-state index is 10.0. The molecule has 0 saturated carbocycles. The number of terminal acetylenes is 1. The Morgan fingerprint density at radius 2 is 2.20 bits per heavy atom. The molecule has 4 nitrogen and oxygen atoms in total. The summed E-state index contributed by atoms with van der Waals surface area (Å²) in [6.45, 7) is 1.94. The first-order valence-electron chi connectivity index (χ1n) is 6.23. The van der Waals surface area contributed by atoms with E-state index >= 15 is 0 Å². The summed E-state index contributed by atoms with van der Waals surface area (Å²) in [5.41, 5.74) is 3.43. The van der Waals surface area contributed by atoms with Crippen LogP contribution in [0.5, 0.6) is 5.75 Å². The van der Waals surface area contributed by atoms with E-state index in [1.807, 2.05) is 24.3 Å². The molecule has 0 bridgehead atoms. The average molecular weight is 268 g/mol. The van der Waals surface area contributed by atoms with E-state index in [9.17, 15) is 10.2 Å². The molecule has 1 aromatic heterocycles. The number of anilines is 1. The van der Waals surface area contributed by atoms with E-state index in [0.29, 0.717) is 23.4 Å². The molecule has 0 radical (unpaired) electrons. The highest BCUT2D eigenvalue weighted by Crippen LogP contribution is 2.25. The van der Waals surface area contributed by atoms with Gasteiger partial charge in [0, 0.05) is 35.1 Å². The molecular weight excluding hydrogens is 252 g/mol. The highest BCUT2D eigenvalue weighted by atomic mass is 16.3. The van der Waals surface area contributed by atoms with E-state index < -0.39 is 0 Å². The third-order valence-electron chi connectivity index (χ3n) is 3.10. The number of aromatic hydroxyl groups is 1. The minimum absolute atomic E-state index is 0.108. The van der Waals surface area contributed by atoms with Crippen LogP contribution in [-0.4, -0.2) is 15.2 Å². The van der Waals surface area contributed by atoms with E-state index in [1.54, 1.807) is 13.1 Å². The first-order valence-corrected chi connectivity index (χ1v) is 6.23. The van der Waals surface area contributed by atoms with Gasteiger partial charge in [-0.15, -0.1) is 6.42 Å². The van der Waals surface area contributed by atoms with Crippen molar-refractivity contribution in [2.45, 2.75) is 20.1 Å². The van der Waals surface area contributed by atoms with Crippen LogP contribution in [-0.2, 0) is 13.2 Å². The topological polar surface area (TPSA) is 65.4 Å². The van der Waals surface area contributed by atoms with Gasteiger partial charge in [-0.1, -0.05) is 12.0 Å². The van der Waals surface area contributed by atoms with Gasteiger partial charge in [0.1, 0.15) is 5.75 Å². The van der Waals surface area contributed by atoms with Crippen molar-refractivity contribution in [2.75, 3.05) is 5.32 Å². The number of benzene rings is 1.